The van der Waals surface area contributed by atoms with E-state index < -0.39 is 52.5 Å². The van der Waals surface area contributed by atoms with E-state index in [9.17, 15) is 27.9 Å². The van der Waals surface area contributed by atoms with E-state index in [4.69, 9.17) is 21.1 Å². The number of aromatic nitrogens is 2. The van der Waals surface area contributed by atoms with E-state index in [0.29, 0.717) is 5.75 Å². The first-order chi connectivity index (χ1) is 19.8. The van der Waals surface area contributed by atoms with Gasteiger partial charge in [-0.25, -0.2) is 14.2 Å². The van der Waals surface area contributed by atoms with Crippen molar-refractivity contribution < 1.29 is 41.7 Å². The number of carbonyl (C=O) groups is 2. The maximum Gasteiger partial charge on any atom is 0.419 e. The second-order valence-corrected chi connectivity index (χ2v) is 9.58. The minimum absolute atomic E-state index is 0.0902. The molecule has 218 valence electrons. The molecule has 1 N–H and O–H groups in total. The number of nitrogens with zero attached hydrogens (tertiary/aromatic N) is 3. The summed E-state index contributed by atoms with van der Waals surface area (Å²) in [5.41, 5.74) is -2.11. The molecule has 1 amide bonds. The van der Waals surface area contributed by atoms with E-state index in [0.717, 1.165) is 29.2 Å². The Morgan fingerprint density at radius 3 is 2.40 bits per heavy atom. The molecular weight excluding hydrogens is 582 g/mol. The Kier molecular flexibility index (Phi) is 8.96. The van der Waals surface area contributed by atoms with Gasteiger partial charge in [0, 0.05) is 30.6 Å². The Morgan fingerprint density at radius 2 is 1.81 bits per heavy atom. The molecule has 2 aromatic carbocycles. The van der Waals surface area contributed by atoms with Gasteiger partial charge in [-0.15, -0.1) is 0 Å². The quantitative estimate of drug-likeness (QED) is 0.199. The maximum absolute atomic E-state index is 15.3. The molecule has 0 aliphatic rings. The number of carbonyl (C=O) groups excluding carboxylic acids is 1. The topological polar surface area (TPSA) is 102 Å². The van der Waals surface area contributed by atoms with Crippen LogP contribution in [0.15, 0.2) is 73.2 Å². The Hall–Kier alpha value is -4.71. The highest BCUT2D eigenvalue weighted by molar-refractivity contribution is 6.30. The molecular formula is C29H22ClF4N3O5. The van der Waals surface area contributed by atoms with E-state index >= 15 is 4.39 Å². The number of rotatable bonds is 9. The third kappa shape index (κ3) is 6.95. The summed E-state index contributed by atoms with van der Waals surface area (Å²) >= 11 is 5.83. The van der Waals surface area contributed by atoms with E-state index in [1.807, 2.05) is 0 Å². The molecule has 0 aliphatic heterocycles. The van der Waals surface area contributed by atoms with Gasteiger partial charge in [-0.2, -0.15) is 13.2 Å². The molecule has 0 spiro atoms. The number of hydrogen-bond acceptors (Lipinski definition) is 6. The third-order valence-corrected chi connectivity index (χ3v) is 6.05. The smallest absolute Gasteiger partial charge is 0.419 e. The molecule has 0 aliphatic carbocycles. The molecule has 0 unspecified atom stereocenters. The average molecular weight is 604 g/mol. The lowest BCUT2D eigenvalue weighted by Crippen LogP contribution is -2.38. The number of anilines is 1. The fraction of sp³-hybridized carbons (Fsp3) is 0.172. The molecule has 8 nitrogen and oxygen atoms in total. The lowest BCUT2D eigenvalue weighted by atomic mass is 10.1. The standard InChI is InChI=1S/C29H22ClF4N3O5/c1-16(2)37(27(38)23-7-6-18(30)13-36-23)24-12-22(31)26(11-20(24)28(39)40)42-25-8-5-17(10-21(25)29(32,33)34)15-41-19-4-3-9-35-14-19/h3-14,16H,15H2,1-2H3,(H,39,40). The fourth-order valence-electron chi connectivity index (χ4n) is 3.93. The number of benzene rings is 2. The van der Waals surface area contributed by atoms with Crippen molar-refractivity contribution in [2.45, 2.75) is 32.7 Å². The van der Waals surface area contributed by atoms with Crippen LogP contribution in [0.3, 0.4) is 0 Å². The zero-order chi connectivity index (χ0) is 30.6. The Bertz CT molecular complexity index is 1600. The van der Waals surface area contributed by atoms with Gasteiger partial charge in [-0.3, -0.25) is 9.78 Å². The highest BCUT2D eigenvalue weighted by Crippen LogP contribution is 2.41. The van der Waals surface area contributed by atoms with Crippen LogP contribution in [0, 0.1) is 5.82 Å². The highest BCUT2D eigenvalue weighted by Gasteiger charge is 2.36. The first-order valence-electron chi connectivity index (χ1n) is 12.3. The van der Waals surface area contributed by atoms with E-state index in [-0.39, 0.29) is 28.6 Å². The van der Waals surface area contributed by atoms with Crippen LogP contribution in [-0.2, 0) is 12.8 Å². The second kappa shape index (κ2) is 12.4. The number of amides is 1. The summed E-state index contributed by atoms with van der Waals surface area (Å²) in [5.74, 6) is -4.73. The predicted octanol–water partition coefficient (Wildman–Crippen LogP) is 7.41. The Morgan fingerprint density at radius 1 is 1.05 bits per heavy atom. The van der Waals surface area contributed by atoms with Gasteiger partial charge in [-0.1, -0.05) is 17.7 Å². The second-order valence-electron chi connectivity index (χ2n) is 9.14. The molecule has 0 radical (unpaired) electrons. The fourth-order valence-corrected chi connectivity index (χ4v) is 4.05. The van der Waals surface area contributed by atoms with Crippen LogP contribution in [0.25, 0.3) is 0 Å². The van der Waals surface area contributed by atoms with Crippen LogP contribution in [0.5, 0.6) is 17.2 Å². The number of ether oxygens (including phenoxy) is 2. The average Bonchev–Trinajstić information content (AvgIpc) is 2.93. The third-order valence-electron chi connectivity index (χ3n) is 5.83. The van der Waals surface area contributed by atoms with Crippen LogP contribution in [0.2, 0.25) is 5.02 Å². The first-order valence-corrected chi connectivity index (χ1v) is 12.7. The van der Waals surface area contributed by atoms with Crippen LogP contribution in [-0.4, -0.2) is 33.0 Å². The molecule has 13 heteroatoms. The molecule has 4 rings (SSSR count). The van der Waals surface area contributed by atoms with Crippen molar-refractivity contribution in [2.75, 3.05) is 4.90 Å². The first kappa shape index (κ1) is 30.3. The van der Waals surface area contributed by atoms with E-state index in [1.54, 1.807) is 26.0 Å². The summed E-state index contributed by atoms with van der Waals surface area (Å²) in [6.45, 7) is 2.91. The number of pyridine rings is 2. The maximum atomic E-state index is 15.3. The Labute approximate surface area is 242 Å². The van der Waals surface area contributed by atoms with Crippen molar-refractivity contribution in [1.82, 2.24) is 9.97 Å². The lowest BCUT2D eigenvalue weighted by molar-refractivity contribution is -0.138. The number of aromatic carboxylic acids is 1. The predicted molar refractivity (Wildman–Crippen MR) is 145 cm³/mol. The van der Waals surface area contributed by atoms with Gasteiger partial charge in [0.1, 0.15) is 23.8 Å². The molecule has 0 fully saturated rings. The summed E-state index contributed by atoms with van der Waals surface area (Å²) in [7, 11) is 0. The van der Waals surface area contributed by atoms with Crippen LogP contribution >= 0.6 is 11.6 Å². The van der Waals surface area contributed by atoms with Gasteiger partial charge in [0.05, 0.1) is 28.0 Å². The van der Waals surface area contributed by atoms with Gasteiger partial charge >= 0.3 is 12.1 Å². The van der Waals surface area contributed by atoms with Crippen molar-refractivity contribution in [3.63, 3.8) is 0 Å². The molecule has 0 bridgehead atoms. The normalized spacial score (nSPS) is 11.3. The van der Waals surface area contributed by atoms with Gasteiger partial charge in [0.2, 0.25) is 0 Å². The van der Waals surface area contributed by atoms with Crippen molar-refractivity contribution >= 4 is 29.2 Å². The zero-order valence-electron chi connectivity index (χ0n) is 22.0. The minimum Gasteiger partial charge on any atom is -0.487 e. The zero-order valence-corrected chi connectivity index (χ0v) is 22.8. The molecule has 4 aromatic rings. The van der Waals surface area contributed by atoms with Gasteiger partial charge in [0.15, 0.2) is 11.6 Å². The lowest BCUT2D eigenvalue weighted by Gasteiger charge is -2.28. The van der Waals surface area contributed by atoms with Crippen molar-refractivity contribution in [1.29, 1.82) is 0 Å². The van der Waals surface area contributed by atoms with Crippen LogP contribution < -0.4 is 14.4 Å². The summed E-state index contributed by atoms with van der Waals surface area (Å²) in [6, 6.07) is 9.75. The summed E-state index contributed by atoms with van der Waals surface area (Å²) in [5, 5.41) is 10.2. The number of halogens is 5. The van der Waals surface area contributed by atoms with E-state index in [1.165, 1.54) is 36.8 Å². The summed E-state index contributed by atoms with van der Waals surface area (Å²) in [6.07, 6.45) is -0.776. The number of carboxylic acids is 1. The molecule has 0 atom stereocenters. The molecule has 0 saturated heterocycles. The monoisotopic (exact) mass is 603 g/mol. The van der Waals surface area contributed by atoms with Crippen LogP contribution in [0.4, 0.5) is 23.2 Å². The number of carboxylic acid groups (broad SMARTS) is 1. The van der Waals surface area contributed by atoms with E-state index in [2.05, 4.69) is 9.97 Å². The van der Waals surface area contributed by atoms with Crippen molar-refractivity contribution in [3.05, 3.63) is 106 Å². The Balaban J connectivity index is 1.70. The van der Waals surface area contributed by atoms with Crippen LogP contribution in [0.1, 0.15) is 45.8 Å². The number of alkyl halides is 3. The van der Waals surface area contributed by atoms with Gasteiger partial charge in [0.25, 0.3) is 5.91 Å². The SMILES string of the molecule is CC(C)N(C(=O)c1ccc(Cl)cn1)c1cc(F)c(Oc2ccc(COc3cccnc3)cc2C(F)(F)F)cc1C(=O)O. The molecule has 42 heavy (non-hydrogen) atoms. The largest absolute Gasteiger partial charge is 0.487 e. The van der Waals surface area contributed by atoms with Crippen molar-refractivity contribution in [2.24, 2.45) is 0 Å². The summed E-state index contributed by atoms with van der Waals surface area (Å²) < 4.78 is 68.0. The number of hydrogen-bond donors (Lipinski definition) is 1. The highest BCUT2D eigenvalue weighted by atomic mass is 35.5. The van der Waals surface area contributed by atoms with Gasteiger partial charge < -0.3 is 19.5 Å². The van der Waals surface area contributed by atoms with Gasteiger partial charge in [-0.05, 0) is 55.8 Å². The summed E-state index contributed by atoms with van der Waals surface area (Å²) in [4.78, 5) is 34.2. The molecule has 2 aromatic heterocycles. The minimum atomic E-state index is -4.90. The van der Waals surface area contributed by atoms with Crippen molar-refractivity contribution in [3.8, 4) is 17.2 Å². The molecule has 0 saturated carbocycles. The molecule has 2 heterocycles.